The van der Waals surface area contributed by atoms with E-state index in [0.29, 0.717) is 28.9 Å². The highest BCUT2D eigenvalue weighted by Crippen LogP contribution is 2.27. The number of H-pyrrole nitrogens is 1. The van der Waals surface area contributed by atoms with Crippen molar-refractivity contribution in [3.63, 3.8) is 0 Å². The van der Waals surface area contributed by atoms with Gasteiger partial charge in [0.25, 0.3) is 5.56 Å². The van der Waals surface area contributed by atoms with Gasteiger partial charge in [0.2, 0.25) is 0 Å². The van der Waals surface area contributed by atoms with Crippen LogP contribution in [0.2, 0.25) is 10.0 Å². The fourth-order valence-corrected chi connectivity index (χ4v) is 2.81. The van der Waals surface area contributed by atoms with Gasteiger partial charge in [-0.25, -0.2) is 4.79 Å². The molecule has 0 aliphatic carbocycles. The van der Waals surface area contributed by atoms with Crippen molar-refractivity contribution in [3.8, 4) is 5.75 Å². The van der Waals surface area contributed by atoms with Crippen LogP contribution in [0.4, 0.5) is 11.5 Å². The lowest BCUT2D eigenvalue weighted by Gasteiger charge is -2.22. The van der Waals surface area contributed by atoms with Crippen molar-refractivity contribution >= 4 is 34.7 Å². The predicted octanol–water partition coefficient (Wildman–Crippen LogP) is 2.74. The summed E-state index contributed by atoms with van der Waals surface area (Å²) in [5.41, 5.74) is 5.29. The second-order valence-corrected chi connectivity index (χ2v) is 6.69. The Hall–Kier alpha value is -2.12. The minimum Gasteiger partial charge on any atom is -0.490 e. The quantitative estimate of drug-likeness (QED) is 0.710. The van der Waals surface area contributed by atoms with E-state index in [1.807, 2.05) is 6.92 Å². The molecule has 26 heavy (non-hydrogen) atoms. The zero-order chi connectivity index (χ0) is 19.3. The smallest absolute Gasteiger partial charge is 0.330 e. The lowest BCUT2D eigenvalue weighted by molar-refractivity contribution is 0.326. The number of nitrogen functional groups attached to an aromatic ring is 1. The Labute approximate surface area is 161 Å². The summed E-state index contributed by atoms with van der Waals surface area (Å²) in [5, 5.41) is 0.962. The molecule has 1 aromatic carbocycles. The third kappa shape index (κ3) is 4.74. The molecule has 0 radical (unpaired) electrons. The van der Waals surface area contributed by atoms with Crippen LogP contribution >= 0.6 is 23.2 Å². The molecule has 3 N–H and O–H groups in total. The number of likely N-dealkylation sites (N-methyl/N-ethyl adjacent to an activating group) is 1. The molecule has 7 nitrogen and oxygen atoms in total. The molecule has 1 heterocycles. The van der Waals surface area contributed by atoms with Gasteiger partial charge in [-0.05, 0) is 18.6 Å². The van der Waals surface area contributed by atoms with E-state index in [4.69, 9.17) is 33.7 Å². The number of nitrogens with one attached hydrogen (secondary N) is 1. The molecular formula is C17H22Cl2N4O3. The van der Waals surface area contributed by atoms with E-state index < -0.39 is 11.2 Å². The van der Waals surface area contributed by atoms with Crippen LogP contribution in [0.1, 0.15) is 19.8 Å². The molecular weight excluding hydrogens is 379 g/mol. The first kappa shape index (κ1) is 20.2. The summed E-state index contributed by atoms with van der Waals surface area (Å²) in [7, 11) is 1.71. The zero-order valence-electron chi connectivity index (χ0n) is 14.7. The molecule has 0 atom stereocenters. The van der Waals surface area contributed by atoms with E-state index in [0.717, 1.165) is 12.8 Å². The molecule has 0 spiro atoms. The maximum absolute atomic E-state index is 12.2. The monoisotopic (exact) mass is 400 g/mol. The van der Waals surface area contributed by atoms with Crippen LogP contribution in [0.15, 0.2) is 27.8 Å². The van der Waals surface area contributed by atoms with Crippen LogP contribution in [0.25, 0.3) is 0 Å². The average molecular weight is 401 g/mol. The summed E-state index contributed by atoms with van der Waals surface area (Å²) in [5.74, 6) is 0.609. The largest absolute Gasteiger partial charge is 0.490 e. The maximum Gasteiger partial charge on any atom is 0.330 e. The molecule has 0 aliphatic rings. The standard InChI is InChI=1S/C17H22Cl2N4O3/c1-3-4-7-23-15(20)14(16(24)21-17(23)25)22(2)8-9-26-13-10-11(18)5-6-12(13)19/h5-6,10H,3-4,7-9,20H2,1-2H3,(H,21,24,25). The summed E-state index contributed by atoms with van der Waals surface area (Å²) < 4.78 is 7.01. The number of hydrogen-bond donors (Lipinski definition) is 2. The SMILES string of the molecule is CCCCn1c(N)c(N(C)CCOc2cc(Cl)ccc2Cl)c(=O)[nH]c1=O. The third-order valence-corrected chi connectivity index (χ3v) is 4.46. The van der Waals surface area contributed by atoms with Gasteiger partial charge in [-0.15, -0.1) is 0 Å². The van der Waals surface area contributed by atoms with Crippen molar-refractivity contribution in [1.29, 1.82) is 0 Å². The summed E-state index contributed by atoms with van der Waals surface area (Å²) >= 11 is 12.0. The molecule has 2 rings (SSSR count). The van der Waals surface area contributed by atoms with E-state index in [-0.39, 0.29) is 18.1 Å². The second kappa shape index (κ2) is 9.00. The summed E-state index contributed by atoms with van der Waals surface area (Å²) in [6.45, 7) is 3.08. The van der Waals surface area contributed by atoms with Crippen LogP contribution < -0.4 is 26.6 Å². The number of nitrogens with two attached hydrogens (primary N) is 1. The van der Waals surface area contributed by atoms with Gasteiger partial charge >= 0.3 is 5.69 Å². The molecule has 0 fully saturated rings. The zero-order valence-corrected chi connectivity index (χ0v) is 16.2. The first-order valence-corrected chi connectivity index (χ1v) is 9.02. The molecule has 2 aromatic rings. The Morgan fingerprint density at radius 2 is 2.04 bits per heavy atom. The number of benzene rings is 1. The van der Waals surface area contributed by atoms with Crippen LogP contribution in [0.5, 0.6) is 5.75 Å². The number of hydrogen-bond acceptors (Lipinski definition) is 5. The number of aromatic nitrogens is 2. The highest BCUT2D eigenvalue weighted by Gasteiger charge is 2.16. The van der Waals surface area contributed by atoms with Crippen molar-refractivity contribution < 1.29 is 4.74 Å². The summed E-state index contributed by atoms with van der Waals surface area (Å²) in [6, 6.07) is 4.94. The minimum absolute atomic E-state index is 0.149. The van der Waals surface area contributed by atoms with Crippen molar-refractivity contribution in [2.24, 2.45) is 0 Å². The second-order valence-electron chi connectivity index (χ2n) is 5.84. The number of ether oxygens (including phenoxy) is 1. The van der Waals surface area contributed by atoms with Gasteiger partial charge in [0.05, 0.1) is 11.6 Å². The summed E-state index contributed by atoms with van der Waals surface area (Å²) in [6.07, 6.45) is 1.69. The molecule has 0 saturated heterocycles. The first-order valence-electron chi connectivity index (χ1n) is 8.26. The number of nitrogens with zero attached hydrogens (tertiary/aromatic N) is 2. The normalized spacial score (nSPS) is 10.8. The Morgan fingerprint density at radius 1 is 1.31 bits per heavy atom. The van der Waals surface area contributed by atoms with Gasteiger partial charge in [-0.1, -0.05) is 36.5 Å². The van der Waals surface area contributed by atoms with E-state index in [1.165, 1.54) is 4.57 Å². The fraction of sp³-hybridized carbons (Fsp3) is 0.412. The van der Waals surface area contributed by atoms with Crippen LogP contribution in [-0.2, 0) is 6.54 Å². The first-order chi connectivity index (χ1) is 12.3. The Kier molecular flexibility index (Phi) is 6.99. The lowest BCUT2D eigenvalue weighted by Crippen LogP contribution is -2.38. The van der Waals surface area contributed by atoms with Gasteiger partial charge in [0.1, 0.15) is 23.9 Å². The highest BCUT2D eigenvalue weighted by atomic mass is 35.5. The molecule has 0 bridgehead atoms. The molecule has 1 aromatic heterocycles. The van der Waals surface area contributed by atoms with Crippen LogP contribution in [0, 0.1) is 0 Å². The van der Waals surface area contributed by atoms with E-state index in [9.17, 15) is 9.59 Å². The molecule has 0 amide bonds. The Bertz CT molecular complexity index is 879. The number of rotatable bonds is 8. The van der Waals surface area contributed by atoms with E-state index in [2.05, 4.69) is 4.98 Å². The van der Waals surface area contributed by atoms with Gasteiger partial charge in [0, 0.05) is 24.7 Å². The molecule has 142 valence electrons. The van der Waals surface area contributed by atoms with Crippen molar-refractivity contribution in [3.05, 3.63) is 49.1 Å². The maximum atomic E-state index is 12.2. The van der Waals surface area contributed by atoms with Crippen molar-refractivity contribution in [2.75, 3.05) is 30.8 Å². The topological polar surface area (TPSA) is 93.3 Å². The molecule has 0 saturated carbocycles. The fourth-order valence-electron chi connectivity index (χ4n) is 2.48. The Balaban J connectivity index is 2.14. The predicted molar refractivity (Wildman–Crippen MR) is 106 cm³/mol. The third-order valence-electron chi connectivity index (χ3n) is 3.91. The molecule has 0 aliphatic heterocycles. The van der Waals surface area contributed by atoms with Gasteiger partial charge < -0.3 is 15.4 Å². The van der Waals surface area contributed by atoms with Crippen LogP contribution in [0.3, 0.4) is 0 Å². The lowest BCUT2D eigenvalue weighted by atomic mass is 10.3. The van der Waals surface area contributed by atoms with E-state index in [1.54, 1.807) is 30.1 Å². The number of aromatic amines is 1. The van der Waals surface area contributed by atoms with Crippen LogP contribution in [-0.4, -0.2) is 29.8 Å². The van der Waals surface area contributed by atoms with E-state index >= 15 is 0 Å². The molecule has 9 heteroatoms. The highest BCUT2D eigenvalue weighted by molar-refractivity contribution is 6.34. The van der Waals surface area contributed by atoms with Crippen molar-refractivity contribution in [2.45, 2.75) is 26.3 Å². The average Bonchev–Trinajstić information content (AvgIpc) is 2.57. The minimum atomic E-state index is -0.525. The molecule has 0 unspecified atom stereocenters. The Morgan fingerprint density at radius 3 is 2.73 bits per heavy atom. The van der Waals surface area contributed by atoms with Crippen molar-refractivity contribution in [1.82, 2.24) is 9.55 Å². The number of anilines is 2. The number of unbranched alkanes of at least 4 members (excludes halogenated alkanes) is 1. The summed E-state index contributed by atoms with van der Waals surface area (Å²) in [4.78, 5) is 28.1. The van der Waals surface area contributed by atoms with Gasteiger partial charge in [0.15, 0.2) is 0 Å². The number of halogens is 2. The van der Waals surface area contributed by atoms with Gasteiger partial charge in [-0.3, -0.25) is 14.3 Å². The van der Waals surface area contributed by atoms with Gasteiger partial charge in [-0.2, -0.15) is 0 Å².